The molecule has 164 valence electrons. The number of hydrogen-bond donors (Lipinski definition) is 1. The second-order valence-electron chi connectivity index (χ2n) is 8.16. The Bertz CT molecular complexity index is 949. The van der Waals surface area contributed by atoms with Gasteiger partial charge in [-0.25, -0.2) is 0 Å². The number of hydrogen-bond acceptors (Lipinski definition) is 4. The third kappa shape index (κ3) is 5.35. The fourth-order valence-corrected chi connectivity index (χ4v) is 3.91. The summed E-state index contributed by atoms with van der Waals surface area (Å²) < 4.78 is 5.82. The average molecular weight is 422 g/mol. The van der Waals surface area contributed by atoms with Crippen molar-refractivity contribution < 1.29 is 19.4 Å². The van der Waals surface area contributed by atoms with Crippen LogP contribution in [0.25, 0.3) is 0 Å². The summed E-state index contributed by atoms with van der Waals surface area (Å²) in [7, 11) is 0. The molecule has 2 aromatic rings. The molecule has 3 rings (SSSR count). The van der Waals surface area contributed by atoms with Gasteiger partial charge in [-0.15, -0.1) is 0 Å². The summed E-state index contributed by atoms with van der Waals surface area (Å²) in [6.45, 7) is 6.42. The Kier molecular flexibility index (Phi) is 7.50. The van der Waals surface area contributed by atoms with Gasteiger partial charge in [-0.05, 0) is 49.9 Å². The molecule has 0 bridgehead atoms. The van der Waals surface area contributed by atoms with E-state index in [0.717, 1.165) is 24.0 Å². The first-order valence-corrected chi connectivity index (χ1v) is 11.0. The minimum Gasteiger partial charge on any atom is -0.503 e. The van der Waals surface area contributed by atoms with E-state index in [4.69, 9.17) is 4.74 Å². The normalized spacial score (nSPS) is 16.3. The minimum atomic E-state index is -0.599. The van der Waals surface area contributed by atoms with Crippen molar-refractivity contribution >= 4 is 11.7 Å². The first kappa shape index (κ1) is 22.6. The molecule has 1 aliphatic heterocycles. The summed E-state index contributed by atoms with van der Waals surface area (Å²) in [5.74, 6) is -0.419. The maximum Gasteiger partial charge on any atom is 0.290 e. The van der Waals surface area contributed by atoms with Crippen molar-refractivity contribution in [1.29, 1.82) is 0 Å². The summed E-state index contributed by atoms with van der Waals surface area (Å²) in [5, 5.41) is 10.7. The quantitative estimate of drug-likeness (QED) is 0.575. The monoisotopic (exact) mass is 421 g/mol. The van der Waals surface area contributed by atoms with Crippen LogP contribution < -0.4 is 4.74 Å². The molecule has 2 aromatic carbocycles. The lowest BCUT2D eigenvalue weighted by molar-refractivity contribution is -0.129. The molecule has 1 amide bonds. The Labute approximate surface area is 184 Å². The van der Waals surface area contributed by atoms with E-state index in [9.17, 15) is 14.7 Å². The number of nitrogens with zero attached hydrogens (tertiary/aromatic N) is 1. The lowest BCUT2D eigenvalue weighted by atomic mass is 9.93. The molecule has 0 saturated carbocycles. The van der Waals surface area contributed by atoms with Crippen molar-refractivity contribution in [2.24, 2.45) is 0 Å². The molecule has 0 saturated heterocycles. The van der Waals surface area contributed by atoms with E-state index in [1.54, 1.807) is 4.90 Å². The molecule has 1 N–H and O–H groups in total. The second kappa shape index (κ2) is 10.3. The van der Waals surface area contributed by atoms with Gasteiger partial charge in [0.1, 0.15) is 5.75 Å². The number of amides is 1. The molecule has 0 aliphatic carbocycles. The van der Waals surface area contributed by atoms with E-state index >= 15 is 0 Å². The summed E-state index contributed by atoms with van der Waals surface area (Å²) in [6.07, 6.45) is 2.50. The number of aliphatic hydroxyl groups excluding tert-OH is 1. The number of rotatable bonds is 10. The summed E-state index contributed by atoms with van der Waals surface area (Å²) in [6, 6.07) is 16.6. The predicted molar refractivity (Wildman–Crippen MR) is 121 cm³/mol. The largest absolute Gasteiger partial charge is 0.503 e. The van der Waals surface area contributed by atoms with Gasteiger partial charge in [0.2, 0.25) is 0 Å². The highest BCUT2D eigenvalue weighted by Crippen LogP contribution is 2.39. The Morgan fingerprint density at radius 2 is 1.87 bits per heavy atom. The van der Waals surface area contributed by atoms with Gasteiger partial charge in [-0.3, -0.25) is 9.59 Å². The molecule has 0 spiro atoms. The van der Waals surface area contributed by atoms with Gasteiger partial charge in [-0.1, -0.05) is 55.8 Å². The smallest absolute Gasteiger partial charge is 0.290 e. The van der Waals surface area contributed by atoms with Crippen molar-refractivity contribution in [3.8, 4) is 5.75 Å². The molecule has 1 atom stereocenters. The van der Waals surface area contributed by atoms with Gasteiger partial charge < -0.3 is 14.7 Å². The van der Waals surface area contributed by atoms with Crippen LogP contribution in [0.5, 0.6) is 5.75 Å². The highest BCUT2D eigenvalue weighted by molar-refractivity contribution is 6.09. The molecule has 5 heteroatoms. The van der Waals surface area contributed by atoms with Crippen molar-refractivity contribution in [2.45, 2.75) is 58.6 Å². The summed E-state index contributed by atoms with van der Waals surface area (Å²) in [5.41, 5.74) is 2.01. The maximum absolute atomic E-state index is 13.2. The van der Waals surface area contributed by atoms with E-state index in [1.807, 2.05) is 75.4 Å². The zero-order valence-electron chi connectivity index (χ0n) is 18.5. The van der Waals surface area contributed by atoms with E-state index in [-0.39, 0.29) is 23.9 Å². The summed E-state index contributed by atoms with van der Waals surface area (Å²) in [4.78, 5) is 27.7. The lowest BCUT2D eigenvalue weighted by Crippen LogP contribution is -2.32. The number of benzene rings is 2. The fraction of sp³-hybridized carbons (Fsp3) is 0.385. The van der Waals surface area contributed by atoms with Gasteiger partial charge in [0.15, 0.2) is 11.5 Å². The van der Waals surface area contributed by atoms with E-state index in [0.29, 0.717) is 18.7 Å². The number of Topliss-reactive ketones (excluding diaryl/α,β-unsaturated/α-hetero) is 1. The van der Waals surface area contributed by atoms with Crippen LogP contribution in [0.15, 0.2) is 65.9 Å². The molecular weight excluding hydrogens is 390 g/mol. The highest BCUT2D eigenvalue weighted by Gasteiger charge is 2.42. The SMILES string of the molecule is CCCCN1C(=O)C(O)=C(C(=O)CCc2ccccc2)C1c1cccc(OC(C)C)c1. The van der Waals surface area contributed by atoms with Crippen molar-refractivity contribution in [3.05, 3.63) is 77.1 Å². The third-order valence-corrected chi connectivity index (χ3v) is 5.39. The molecule has 5 nitrogen and oxygen atoms in total. The molecule has 1 unspecified atom stereocenters. The highest BCUT2D eigenvalue weighted by atomic mass is 16.5. The molecule has 0 radical (unpaired) electrons. The maximum atomic E-state index is 13.2. The number of carbonyl (C=O) groups excluding carboxylic acids is 2. The second-order valence-corrected chi connectivity index (χ2v) is 8.16. The molecule has 31 heavy (non-hydrogen) atoms. The van der Waals surface area contributed by atoms with Gasteiger partial charge in [-0.2, -0.15) is 0 Å². The first-order valence-electron chi connectivity index (χ1n) is 11.0. The minimum absolute atomic E-state index is 0.00701. The van der Waals surface area contributed by atoms with Crippen LogP contribution in [0.4, 0.5) is 0 Å². The van der Waals surface area contributed by atoms with Gasteiger partial charge in [0, 0.05) is 13.0 Å². The summed E-state index contributed by atoms with van der Waals surface area (Å²) >= 11 is 0. The fourth-order valence-electron chi connectivity index (χ4n) is 3.91. The third-order valence-electron chi connectivity index (χ3n) is 5.39. The van der Waals surface area contributed by atoms with Gasteiger partial charge >= 0.3 is 0 Å². The van der Waals surface area contributed by atoms with Crippen molar-refractivity contribution in [2.75, 3.05) is 6.54 Å². The van der Waals surface area contributed by atoms with Gasteiger partial charge in [0.25, 0.3) is 5.91 Å². The Morgan fingerprint density at radius 3 is 2.55 bits per heavy atom. The average Bonchev–Trinajstić information content (AvgIpc) is 3.01. The molecule has 1 heterocycles. The lowest BCUT2D eigenvalue weighted by Gasteiger charge is -2.27. The van der Waals surface area contributed by atoms with Crippen LogP contribution in [0, 0.1) is 0 Å². The Hall–Kier alpha value is -3.08. The predicted octanol–water partition coefficient (Wildman–Crippen LogP) is 5.17. The number of carbonyl (C=O) groups is 2. The standard InChI is InChI=1S/C26H31NO4/c1-4-5-16-27-24(20-12-9-13-21(17-20)31-18(2)3)23(25(29)26(27)30)22(28)15-14-19-10-7-6-8-11-19/h6-13,17-18,24,29H,4-5,14-16H2,1-3H3. The van der Waals surface area contributed by atoms with Crippen molar-refractivity contribution in [1.82, 2.24) is 4.90 Å². The number of ketones is 1. The number of aryl methyl sites for hydroxylation is 1. The van der Waals surface area contributed by atoms with E-state index < -0.39 is 17.7 Å². The Morgan fingerprint density at radius 1 is 1.13 bits per heavy atom. The van der Waals surface area contributed by atoms with Crippen LogP contribution in [-0.4, -0.2) is 34.3 Å². The first-order chi connectivity index (χ1) is 14.9. The molecule has 0 fully saturated rings. The molecular formula is C26H31NO4. The zero-order valence-corrected chi connectivity index (χ0v) is 18.5. The molecule has 1 aliphatic rings. The van der Waals surface area contributed by atoms with E-state index in [1.165, 1.54) is 0 Å². The number of unbranched alkanes of at least 4 members (excludes halogenated alkanes) is 1. The van der Waals surface area contributed by atoms with Crippen LogP contribution in [0.2, 0.25) is 0 Å². The van der Waals surface area contributed by atoms with Crippen LogP contribution in [-0.2, 0) is 16.0 Å². The zero-order chi connectivity index (χ0) is 22.4. The topological polar surface area (TPSA) is 66.8 Å². The van der Waals surface area contributed by atoms with Gasteiger partial charge in [0.05, 0.1) is 17.7 Å². The number of ether oxygens (including phenoxy) is 1. The Balaban J connectivity index is 1.92. The van der Waals surface area contributed by atoms with E-state index in [2.05, 4.69) is 0 Å². The molecule has 0 aromatic heterocycles. The van der Waals surface area contributed by atoms with Crippen molar-refractivity contribution in [3.63, 3.8) is 0 Å². The van der Waals surface area contributed by atoms with Crippen LogP contribution in [0.1, 0.15) is 57.2 Å². The van der Waals surface area contributed by atoms with Crippen LogP contribution in [0.3, 0.4) is 0 Å². The van der Waals surface area contributed by atoms with Crippen LogP contribution >= 0.6 is 0 Å². The number of aliphatic hydroxyl groups is 1.